The Hall–Kier alpha value is -4.26. The normalized spacial score (nSPS) is 14.3. The minimum atomic E-state index is -0.515. The highest BCUT2D eigenvalue weighted by atomic mass is 19.1. The molecule has 3 aromatic heterocycles. The van der Waals surface area contributed by atoms with Gasteiger partial charge in [0.25, 0.3) is 5.56 Å². The summed E-state index contributed by atoms with van der Waals surface area (Å²) in [4.78, 5) is 64.6. The Morgan fingerprint density at radius 1 is 1.07 bits per heavy atom. The van der Waals surface area contributed by atoms with Crippen LogP contribution in [0, 0.1) is 5.82 Å². The van der Waals surface area contributed by atoms with Crippen LogP contribution in [-0.4, -0.2) is 73.4 Å². The number of rotatable bonds is 9. The Kier molecular flexibility index (Phi) is 7.57. The van der Waals surface area contributed by atoms with Gasteiger partial charge in [-0.15, -0.1) is 0 Å². The van der Waals surface area contributed by atoms with E-state index in [9.17, 15) is 23.6 Å². The minimum absolute atomic E-state index is 0.0940. The number of nitrogens with zero attached hydrogens (tertiary/aromatic N) is 5. The number of carbonyl (C=O) groups is 2. The quantitative estimate of drug-likeness (QED) is 0.270. The molecular formula is C27H33FN8O4. The van der Waals surface area contributed by atoms with Gasteiger partial charge in [-0.25, -0.2) is 9.18 Å². The van der Waals surface area contributed by atoms with E-state index in [1.165, 1.54) is 16.7 Å². The van der Waals surface area contributed by atoms with E-state index in [1.54, 1.807) is 13.1 Å². The van der Waals surface area contributed by atoms with Crippen LogP contribution in [0.25, 0.3) is 22.1 Å². The molecule has 12 nitrogen and oxygen atoms in total. The predicted molar refractivity (Wildman–Crippen MR) is 151 cm³/mol. The van der Waals surface area contributed by atoms with E-state index < -0.39 is 17.1 Å². The molecule has 0 bridgehead atoms. The number of aryl methyl sites for hydroxylation is 2. The van der Waals surface area contributed by atoms with Gasteiger partial charge in [0.2, 0.25) is 11.9 Å². The third kappa shape index (κ3) is 5.04. The molecule has 0 atom stereocenters. The van der Waals surface area contributed by atoms with Gasteiger partial charge in [-0.3, -0.25) is 28.8 Å². The zero-order chi connectivity index (χ0) is 28.6. The van der Waals surface area contributed by atoms with E-state index in [2.05, 4.69) is 25.2 Å². The molecule has 1 amide bonds. The van der Waals surface area contributed by atoms with Crippen molar-refractivity contribution in [3.05, 3.63) is 50.5 Å². The molecule has 1 aliphatic heterocycles. The number of hydrogen-bond acceptors (Lipinski definition) is 7. The van der Waals surface area contributed by atoms with Gasteiger partial charge in [0.05, 0.1) is 12.2 Å². The molecule has 0 unspecified atom stereocenters. The van der Waals surface area contributed by atoms with E-state index in [1.807, 2.05) is 23.3 Å². The first-order valence-electron chi connectivity index (χ1n) is 13.5. The van der Waals surface area contributed by atoms with Crippen LogP contribution in [0.2, 0.25) is 0 Å². The molecular weight excluding hydrogens is 519 g/mol. The van der Waals surface area contributed by atoms with E-state index >= 15 is 0 Å². The third-order valence-electron chi connectivity index (χ3n) is 7.24. The molecule has 5 rings (SSSR count). The molecule has 0 saturated carbocycles. The van der Waals surface area contributed by atoms with Crippen LogP contribution >= 0.6 is 0 Å². The van der Waals surface area contributed by atoms with Gasteiger partial charge in [-0.2, -0.15) is 4.98 Å². The zero-order valence-electron chi connectivity index (χ0n) is 22.8. The van der Waals surface area contributed by atoms with E-state index in [0.29, 0.717) is 79.3 Å². The van der Waals surface area contributed by atoms with Gasteiger partial charge in [0, 0.05) is 57.1 Å². The second-order valence-corrected chi connectivity index (χ2v) is 10.1. The van der Waals surface area contributed by atoms with Crippen LogP contribution < -0.4 is 21.5 Å². The lowest BCUT2D eigenvalue weighted by molar-refractivity contribution is -0.117. The maximum Gasteiger partial charge on any atom is 0.329 e. The van der Waals surface area contributed by atoms with Gasteiger partial charge in [-0.1, -0.05) is 13.8 Å². The Morgan fingerprint density at radius 3 is 2.52 bits per heavy atom. The molecule has 1 fully saturated rings. The number of benzene rings is 1. The first-order chi connectivity index (χ1) is 19.2. The zero-order valence-corrected chi connectivity index (χ0v) is 22.8. The van der Waals surface area contributed by atoms with Crippen LogP contribution in [0.3, 0.4) is 0 Å². The standard InChI is InChI=1S/C27H33FN8O4/c1-4-6-19(37)22-21(17-14-16(28)7-8-18(17)29-22)30-20(38)15-34-10-12-35(13-11-34)26-31-24-23(36(26)9-5-2)25(39)32-27(40)33(24)3/h7-8,14,29H,4-6,9-13,15H2,1-3H3,(H,30,38)(H,32,39,40). The number of halogens is 1. The lowest BCUT2D eigenvalue weighted by Gasteiger charge is -2.35. The number of piperazine rings is 1. The molecule has 13 heteroatoms. The van der Waals surface area contributed by atoms with Crippen LogP contribution in [0.15, 0.2) is 27.8 Å². The third-order valence-corrected chi connectivity index (χ3v) is 7.24. The number of ketones is 1. The summed E-state index contributed by atoms with van der Waals surface area (Å²) in [5.41, 5.74) is 0.886. The number of carbonyl (C=O) groups excluding carboxylic acids is 2. The summed E-state index contributed by atoms with van der Waals surface area (Å²) in [6.07, 6.45) is 1.74. The fraction of sp³-hybridized carbons (Fsp3) is 0.444. The van der Waals surface area contributed by atoms with Crippen LogP contribution in [0.4, 0.5) is 16.0 Å². The number of amides is 1. The molecule has 0 radical (unpaired) electrons. The highest BCUT2D eigenvalue weighted by Crippen LogP contribution is 2.30. The Bertz CT molecular complexity index is 1710. The maximum atomic E-state index is 14.0. The number of aromatic nitrogens is 5. The first-order valence-corrected chi connectivity index (χ1v) is 13.5. The summed E-state index contributed by atoms with van der Waals surface area (Å²) >= 11 is 0. The van der Waals surface area contributed by atoms with E-state index in [0.717, 1.165) is 6.42 Å². The molecule has 1 saturated heterocycles. The minimum Gasteiger partial charge on any atom is -0.350 e. The van der Waals surface area contributed by atoms with Gasteiger partial charge >= 0.3 is 5.69 Å². The molecule has 212 valence electrons. The monoisotopic (exact) mass is 552 g/mol. The van der Waals surface area contributed by atoms with Crippen LogP contribution in [0.1, 0.15) is 43.6 Å². The Balaban J connectivity index is 1.31. The van der Waals surface area contributed by atoms with Crippen molar-refractivity contribution in [1.82, 2.24) is 29.0 Å². The number of fused-ring (bicyclic) bond motifs is 2. The summed E-state index contributed by atoms with van der Waals surface area (Å²) in [6.45, 7) is 6.80. The average Bonchev–Trinajstić information content (AvgIpc) is 3.47. The highest BCUT2D eigenvalue weighted by Gasteiger charge is 2.26. The summed E-state index contributed by atoms with van der Waals surface area (Å²) in [7, 11) is 1.58. The lowest BCUT2D eigenvalue weighted by atomic mass is 10.1. The number of imidazole rings is 1. The Labute approximate surface area is 228 Å². The summed E-state index contributed by atoms with van der Waals surface area (Å²) in [5.74, 6) is -0.283. The van der Waals surface area contributed by atoms with Crippen molar-refractivity contribution in [1.29, 1.82) is 0 Å². The Morgan fingerprint density at radius 2 is 1.82 bits per heavy atom. The maximum absolute atomic E-state index is 14.0. The number of aromatic amines is 2. The van der Waals surface area contributed by atoms with Crippen molar-refractivity contribution in [2.45, 2.75) is 39.7 Å². The average molecular weight is 553 g/mol. The fourth-order valence-electron chi connectivity index (χ4n) is 5.24. The van der Waals surface area contributed by atoms with Crippen molar-refractivity contribution >= 4 is 45.4 Å². The number of nitrogens with one attached hydrogen (secondary N) is 3. The molecule has 40 heavy (non-hydrogen) atoms. The largest absolute Gasteiger partial charge is 0.350 e. The van der Waals surface area contributed by atoms with Gasteiger partial charge in [-0.05, 0) is 31.0 Å². The fourth-order valence-corrected chi connectivity index (χ4v) is 5.24. The van der Waals surface area contributed by atoms with Crippen molar-refractivity contribution < 1.29 is 14.0 Å². The first kappa shape index (κ1) is 27.3. The van der Waals surface area contributed by atoms with Crippen LogP contribution in [0.5, 0.6) is 0 Å². The van der Waals surface area contributed by atoms with Gasteiger partial charge < -0.3 is 19.8 Å². The van der Waals surface area contributed by atoms with Crippen molar-refractivity contribution in [3.8, 4) is 0 Å². The summed E-state index contributed by atoms with van der Waals surface area (Å²) in [6, 6.07) is 4.18. The molecule has 0 aliphatic carbocycles. The predicted octanol–water partition coefficient (Wildman–Crippen LogP) is 2.20. The van der Waals surface area contributed by atoms with Crippen molar-refractivity contribution in [2.24, 2.45) is 7.05 Å². The molecule has 3 N–H and O–H groups in total. The smallest absolute Gasteiger partial charge is 0.329 e. The molecule has 1 aliphatic rings. The number of Topliss-reactive ketones (excluding diaryl/α,β-unsaturated/α-hetero) is 1. The molecule has 4 heterocycles. The topological polar surface area (TPSA) is 141 Å². The molecule has 0 spiro atoms. The van der Waals surface area contributed by atoms with Crippen LogP contribution in [-0.2, 0) is 18.4 Å². The van der Waals surface area contributed by atoms with Crippen molar-refractivity contribution in [2.75, 3.05) is 42.9 Å². The lowest BCUT2D eigenvalue weighted by Crippen LogP contribution is -2.49. The highest BCUT2D eigenvalue weighted by molar-refractivity contribution is 6.13. The van der Waals surface area contributed by atoms with Gasteiger partial charge in [0.1, 0.15) is 11.5 Å². The second kappa shape index (κ2) is 11.1. The summed E-state index contributed by atoms with van der Waals surface area (Å²) in [5, 5.41) is 3.31. The SMILES string of the molecule is CCCC(=O)c1[nH]c2ccc(F)cc2c1NC(=O)CN1CCN(c2nc3c(c(=O)[nH]c(=O)n3C)n2CCC)CC1. The molecule has 4 aromatic rings. The number of anilines is 2. The number of hydrogen-bond donors (Lipinski definition) is 3. The molecule has 1 aromatic carbocycles. The van der Waals surface area contributed by atoms with Gasteiger partial charge in [0.15, 0.2) is 16.9 Å². The van der Waals surface area contributed by atoms with E-state index in [4.69, 9.17) is 0 Å². The summed E-state index contributed by atoms with van der Waals surface area (Å²) < 4.78 is 17.2. The van der Waals surface area contributed by atoms with Crippen molar-refractivity contribution in [3.63, 3.8) is 0 Å². The van der Waals surface area contributed by atoms with E-state index in [-0.39, 0.29) is 23.9 Å². The second-order valence-electron chi connectivity index (χ2n) is 10.1. The number of H-pyrrole nitrogens is 2.